The van der Waals surface area contributed by atoms with Gasteiger partial charge in [-0.3, -0.25) is 14.9 Å². The zero-order valence-corrected chi connectivity index (χ0v) is 18.7. The SMILES string of the molecule is NS(=O)(=O)c1ccc(NC(CC(=O)c2ccc(Cl)c(Cl)c2)c2cccc([N+](=O)[O-])c2)cc1. The molecule has 0 bridgehead atoms. The summed E-state index contributed by atoms with van der Waals surface area (Å²) in [6.45, 7) is 0. The quantitative estimate of drug-likeness (QED) is 0.258. The van der Waals surface area contributed by atoms with Crippen molar-refractivity contribution < 1.29 is 18.1 Å². The van der Waals surface area contributed by atoms with E-state index in [9.17, 15) is 23.3 Å². The molecule has 0 fully saturated rings. The van der Waals surface area contributed by atoms with Crippen molar-refractivity contribution in [3.63, 3.8) is 0 Å². The molecule has 1 unspecified atom stereocenters. The van der Waals surface area contributed by atoms with Gasteiger partial charge in [0, 0.05) is 29.8 Å². The number of hydrogen-bond acceptors (Lipinski definition) is 6. The topological polar surface area (TPSA) is 132 Å². The van der Waals surface area contributed by atoms with E-state index in [1.165, 1.54) is 54.6 Å². The molecule has 11 heteroatoms. The van der Waals surface area contributed by atoms with Gasteiger partial charge in [0.15, 0.2) is 5.78 Å². The van der Waals surface area contributed by atoms with Crippen LogP contribution in [0.15, 0.2) is 71.6 Å². The van der Waals surface area contributed by atoms with Crippen LogP contribution in [-0.2, 0) is 10.0 Å². The molecular formula is C21H17Cl2N3O5S. The Morgan fingerprint density at radius 3 is 2.31 bits per heavy atom. The summed E-state index contributed by atoms with van der Waals surface area (Å²) in [5, 5.41) is 20.0. The van der Waals surface area contributed by atoms with Crippen LogP contribution in [0, 0.1) is 10.1 Å². The van der Waals surface area contributed by atoms with Crippen molar-refractivity contribution in [3.05, 3.63) is 98.0 Å². The Kier molecular flexibility index (Phi) is 7.15. The van der Waals surface area contributed by atoms with Crippen molar-refractivity contribution >= 4 is 50.4 Å². The number of carbonyl (C=O) groups is 1. The minimum atomic E-state index is -3.86. The fraction of sp³-hybridized carbons (Fsp3) is 0.0952. The number of rotatable bonds is 8. The van der Waals surface area contributed by atoms with E-state index in [0.717, 1.165) is 0 Å². The molecule has 0 spiro atoms. The van der Waals surface area contributed by atoms with Crippen LogP contribution in [0.4, 0.5) is 11.4 Å². The molecule has 0 saturated heterocycles. The molecule has 0 aliphatic heterocycles. The molecule has 0 radical (unpaired) electrons. The number of ketones is 1. The Balaban J connectivity index is 1.93. The first-order valence-electron chi connectivity index (χ1n) is 9.16. The van der Waals surface area contributed by atoms with Crippen LogP contribution in [0.5, 0.6) is 0 Å². The molecule has 3 aromatic carbocycles. The van der Waals surface area contributed by atoms with E-state index in [0.29, 0.717) is 21.8 Å². The molecule has 0 saturated carbocycles. The summed E-state index contributed by atoms with van der Waals surface area (Å²) >= 11 is 11.9. The normalized spacial score (nSPS) is 12.2. The van der Waals surface area contributed by atoms with E-state index >= 15 is 0 Å². The van der Waals surface area contributed by atoms with E-state index in [2.05, 4.69) is 5.32 Å². The molecule has 0 aromatic heterocycles. The molecule has 166 valence electrons. The fourth-order valence-corrected chi connectivity index (χ4v) is 3.84. The summed E-state index contributed by atoms with van der Waals surface area (Å²) in [5.74, 6) is -0.270. The van der Waals surface area contributed by atoms with Crippen molar-refractivity contribution in [2.45, 2.75) is 17.4 Å². The summed E-state index contributed by atoms with van der Waals surface area (Å²) in [7, 11) is -3.86. The van der Waals surface area contributed by atoms with Crippen LogP contribution in [0.1, 0.15) is 28.4 Å². The number of nitro benzene ring substituents is 1. The lowest BCUT2D eigenvalue weighted by molar-refractivity contribution is -0.384. The highest BCUT2D eigenvalue weighted by atomic mass is 35.5. The van der Waals surface area contributed by atoms with E-state index in [4.69, 9.17) is 28.3 Å². The van der Waals surface area contributed by atoms with Crippen LogP contribution in [0.3, 0.4) is 0 Å². The third kappa shape index (κ3) is 5.83. The third-order valence-corrected chi connectivity index (χ3v) is 6.31. The van der Waals surface area contributed by atoms with Crippen LogP contribution in [0.2, 0.25) is 10.0 Å². The average molecular weight is 494 g/mol. The second-order valence-corrected chi connectivity index (χ2v) is 9.25. The minimum absolute atomic E-state index is 0.0595. The average Bonchev–Trinajstić information content (AvgIpc) is 2.75. The molecule has 3 aromatic rings. The molecule has 0 aliphatic rings. The van der Waals surface area contributed by atoms with Gasteiger partial charge in [-0.15, -0.1) is 0 Å². The highest BCUT2D eigenvalue weighted by Gasteiger charge is 2.20. The van der Waals surface area contributed by atoms with Gasteiger partial charge < -0.3 is 5.32 Å². The maximum Gasteiger partial charge on any atom is 0.269 e. The standard InChI is InChI=1S/C21H17Cl2N3O5S/c22-18-9-4-14(11-19(18)23)21(27)12-20(13-2-1-3-16(10-13)26(28)29)25-15-5-7-17(8-6-15)32(24,30)31/h1-11,20,25H,12H2,(H2,24,30,31). The Hall–Kier alpha value is -2.98. The van der Waals surface area contributed by atoms with Gasteiger partial charge in [0.2, 0.25) is 10.0 Å². The molecule has 8 nitrogen and oxygen atoms in total. The van der Waals surface area contributed by atoms with Crippen molar-refractivity contribution in [2.75, 3.05) is 5.32 Å². The maximum atomic E-state index is 12.9. The Morgan fingerprint density at radius 1 is 1.03 bits per heavy atom. The molecule has 0 aliphatic carbocycles. The van der Waals surface area contributed by atoms with E-state index in [1.807, 2.05) is 0 Å². The number of primary sulfonamides is 1. The second-order valence-electron chi connectivity index (χ2n) is 6.87. The molecule has 3 rings (SSSR count). The number of nitrogens with one attached hydrogen (secondary N) is 1. The van der Waals surface area contributed by atoms with Gasteiger partial charge in [-0.1, -0.05) is 35.3 Å². The predicted molar refractivity (Wildman–Crippen MR) is 123 cm³/mol. The van der Waals surface area contributed by atoms with Crippen LogP contribution >= 0.6 is 23.2 Å². The minimum Gasteiger partial charge on any atom is -0.378 e. The third-order valence-electron chi connectivity index (χ3n) is 4.64. The van der Waals surface area contributed by atoms with Crippen molar-refractivity contribution in [2.24, 2.45) is 5.14 Å². The first-order valence-corrected chi connectivity index (χ1v) is 11.5. The number of sulfonamides is 1. The van der Waals surface area contributed by atoms with Crippen LogP contribution < -0.4 is 10.5 Å². The van der Waals surface area contributed by atoms with Gasteiger partial charge in [0.05, 0.1) is 25.9 Å². The van der Waals surface area contributed by atoms with Gasteiger partial charge in [0.25, 0.3) is 5.69 Å². The Morgan fingerprint density at radius 2 is 1.72 bits per heavy atom. The van der Waals surface area contributed by atoms with E-state index in [-0.39, 0.29) is 27.8 Å². The highest BCUT2D eigenvalue weighted by molar-refractivity contribution is 7.89. The fourth-order valence-electron chi connectivity index (χ4n) is 3.02. The molecule has 1 atom stereocenters. The lowest BCUT2D eigenvalue weighted by Gasteiger charge is -2.20. The zero-order valence-electron chi connectivity index (χ0n) is 16.4. The largest absolute Gasteiger partial charge is 0.378 e. The molecule has 3 N–H and O–H groups in total. The maximum absolute atomic E-state index is 12.9. The number of benzene rings is 3. The molecule has 0 heterocycles. The van der Waals surface area contributed by atoms with Crippen LogP contribution in [-0.4, -0.2) is 19.1 Å². The summed E-state index contributed by atoms with van der Waals surface area (Å²) in [6.07, 6.45) is -0.0595. The zero-order chi connectivity index (χ0) is 23.5. The molecular weight excluding hydrogens is 477 g/mol. The van der Waals surface area contributed by atoms with Gasteiger partial charge in [0.1, 0.15) is 0 Å². The van der Waals surface area contributed by atoms with Gasteiger partial charge in [-0.25, -0.2) is 13.6 Å². The summed E-state index contributed by atoms with van der Waals surface area (Å²) in [4.78, 5) is 23.5. The van der Waals surface area contributed by atoms with Gasteiger partial charge in [-0.2, -0.15) is 0 Å². The van der Waals surface area contributed by atoms with Gasteiger partial charge in [-0.05, 0) is 48.0 Å². The van der Waals surface area contributed by atoms with Crippen molar-refractivity contribution in [3.8, 4) is 0 Å². The lowest BCUT2D eigenvalue weighted by Crippen LogP contribution is -2.16. The number of anilines is 1. The molecule has 0 amide bonds. The number of nitrogens with zero attached hydrogens (tertiary/aromatic N) is 1. The summed E-state index contributed by atoms with van der Waals surface area (Å²) in [5.41, 5.74) is 1.21. The predicted octanol–water partition coefficient (Wildman–Crippen LogP) is 4.98. The summed E-state index contributed by atoms with van der Waals surface area (Å²) < 4.78 is 22.9. The Labute approximate surface area is 194 Å². The number of nitrogens with two attached hydrogens (primary N) is 1. The Bertz CT molecular complexity index is 1280. The highest BCUT2D eigenvalue weighted by Crippen LogP contribution is 2.29. The van der Waals surface area contributed by atoms with Crippen molar-refractivity contribution in [1.29, 1.82) is 0 Å². The van der Waals surface area contributed by atoms with E-state index < -0.39 is 21.0 Å². The van der Waals surface area contributed by atoms with Gasteiger partial charge >= 0.3 is 0 Å². The monoisotopic (exact) mass is 493 g/mol. The second kappa shape index (κ2) is 9.66. The number of nitro groups is 1. The number of Topliss-reactive ketones (excluding diaryl/α,β-unsaturated/α-hetero) is 1. The van der Waals surface area contributed by atoms with Crippen molar-refractivity contribution in [1.82, 2.24) is 0 Å². The molecule has 32 heavy (non-hydrogen) atoms. The van der Waals surface area contributed by atoms with Crippen LogP contribution in [0.25, 0.3) is 0 Å². The first-order chi connectivity index (χ1) is 15.0. The summed E-state index contributed by atoms with van der Waals surface area (Å²) in [6, 6.07) is 15.4. The van der Waals surface area contributed by atoms with E-state index in [1.54, 1.807) is 12.1 Å². The number of non-ortho nitro benzene ring substituents is 1. The smallest absolute Gasteiger partial charge is 0.269 e. The number of hydrogen-bond donors (Lipinski definition) is 2. The first kappa shape index (κ1) is 23.7. The lowest BCUT2D eigenvalue weighted by atomic mass is 9.97. The number of halogens is 2. The number of carbonyl (C=O) groups excluding carboxylic acids is 1.